The first-order chi connectivity index (χ1) is 10.0. The quantitative estimate of drug-likeness (QED) is 0.655. The number of hydrogen-bond acceptors (Lipinski definition) is 3. The smallest absolute Gasteiger partial charge is 0.231 e. The fourth-order valence-electron chi connectivity index (χ4n) is 1.94. The van der Waals surface area contributed by atoms with Gasteiger partial charge >= 0.3 is 0 Å². The molecule has 0 bridgehead atoms. The van der Waals surface area contributed by atoms with Gasteiger partial charge in [0.05, 0.1) is 20.8 Å². The van der Waals surface area contributed by atoms with Gasteiger partial charge in [-0.25, -0.2) is 0 Å². The Kier molecular flexibility index (Phi) is 4.41. The molecule has 0 aliphatic carbocycles. The summed E-state index contributed by atoms with van der Waals surface area (Å²) in [6.45, 7) is 0.798. The number of rotatable bonds is 3. The maximum absolute atomic E-state index is 6.14. The fraction of sp³-hybridized carbons (Fsp3) is 0.143. The minimum Gasteiger partial charge on any atom is -0.454 e. The number of fused-ring (bicyclic) bond motifs is 1. The predicted molar refractivity (Wildman–Crippen MR) is 89.1 cm³/mol. The highest BCUT2D eigenvalue weighted by atomic mass is 79.9. The summed E-state index contributed by atoms with van der Waals surface area (Å²) in [5, 5.41) is 4.62. The zero-order chi connectivity index (χ0) is 15.0. The van der Waals surface area contributed by atoms with E-state index in [0.29, 0.717) is 21.6 Å². The molecule has 1 N–H and O–H groups in total. The van der Waals surface area contributed by atoms with Crippen LogP contribution in [0.5, 0.6) is 11.5 Å². The Bertz CT molecular complexity index is 709. The Labute approximate surface area is 145 Å². The van der Waals surface area contributed by atoms with E-state index in [1.54, 1.807) is 12.1 Å². The van der Waals surface area contributed by atoms with Gasteiger partial charge in [0.15, 0.2) is 11.5 Å². The van der Waals surface area contributed by atoms with Gasteiger partial charge in [-0.2, -0.15) is 0 Å². The van der Waals surface area contributed by atoms with Crippen LogP contribution >= 0.6 is 50.7 Å². The third-order valence-electron chi connectivity index (χ3n) is 3.02. The summed E-state index contributed by atoms with van der Waals surface area (Å²) in [6.07, 6.45) is 0. The van der Waals surface area contributed by atoms with E-state index in [-0.39, 0.29) is 6.79 Å². The summed E-state index contributed by atoms with van der Waals surface area (Å²) in [5.41, 5.74) is 1.73. The molecule has 0 radical (unpaired) electrons. The van der Waals surface area contributed by atoms with Crippen molar-refractivity contribution in [3.63, 3.8) is 0 Å². The van der Waals surface area contributed by atoms with Gasteiger partial charge in [0, 0.05) is 11.0 Å². The summed E-state index contributed by atoms with van der Waals surface area (Å²) in [6, 6.07) is 7.12. The van der Waals surface area contributed by atoms with E-state index in [9.17, 15) is 0 Å². The lowest BCUT2D eigenvalue weighted by molar-refractivity contribution is 0.174. The van der Waals surface area contributed by atoms with Gasteiger partial charge in [-0.05, 0) is 29.8 Å². The largest absolute Gasteiger partial charge is 0.454 e. The van der Waals surface area contributed by atoms with E-state index < -0.39 is 0 Å². The minimum atomic E-state index is 0.247. The number of ether oxygens (including phenoxy) is 2. The van der Waals surface area contributed by atoms with E-state index in [4.69, 9.17) is 44.3 Å². The topological polar surface area (TPSA) is 30.5 Å². The Morgan fingerprint density at radius 2 is 1.62 bits per heavy atom. The third kappa shape index (κ3) is 3.19. The lowest BCUT2D eigenvalue weighted by Gasteiger charge is -2.11. The second-order valence-electron chi connectivity index (χ2n) is 4.40. The van der Waals surface area contributed by atoms with Crippen LogP contribution in [0.15, 0.2) is 28.7 Å². The molecule has 3 nitrogen and oxygen atoms in total. The molecule has 2 aromatic rings. The van der Waals surface area contributed by atoms with Gasteiger partial charge in [-0.15, -0.1) is 0 Å². The van der Waals surface area contributed by atoms with Crippen LogP contribution in [0.3, 0.4) is 0 Å². The first kappa shape index (κ1) is 15.1. The lowest BCUT2D eigenvalue weighted by Crippen LogP contribution is -2.01. The van der Waals surface area contributed by atoms with E-state index in [1.807, 2.05) is 12.1 Å². The molecule has 21 heavy (non-hydrogen) atoms. The van der Waals surface area contributed by atoms with Crippen LogP contribution in [0.4, 0.5) is 5.69 Å². The van der Waals surface area contributed by atoms with Crippen LogP contribution in [-0.4, -0.2) is 6.79 Å². The number of benzene rings is 2. The summed E-state index contributed by atoms with van der Waals surface area (Å²) in [7, 11) is 0. The highest BCUT2D eigenvalue weighted by molar-refractivity contribution is 9.10. The van der Waals surface area contributed by atoms with Crippen molar-refractivity contribution in [3.8, 4) is 11.5 Å². The predicted octanol–water partition coefficient (Wildman–Crippen LogP) is 5.75. The molecule has 1 aliphatic heterocycles. The Morgan fingerprint density at radius 1 is 0.952 bits per heavy atom. The highest BCUT2D eigenvalue weighted by Gasteiger charge is 2.16. The zero-order valence-corrected chi connectivity index (χ0v) is 14.4. The second kappa shape index (κ2) is 6.13. The SMILES string of the molecule is Clc1cc(Cl)c(NCc2cc3c(cc2Br)OCO3)cc1Cl. The highest BCUT2D eigenvalue weighted by Crippen LogP contribution is 2.38. The molecule has 110 valence electrons. The van der Waals surface area contributed by atoms with Crippen LogP contribution in [0.2, 0.25) is 15.1 Å². The molecular formula is C14H9BrCl3NO2. The third-order valence-corrected chi connectivity index (χ3v) is 4.79. The van der Waals surface area contributed by atoms with Gasteiger partial charge in [-0.1, -0.05) is 50.7 Å². The van der Waals surface area contributed by atoms with E-state index in [1.165, 1.54) is 0 Å². The lowest BCUT2D eigenvalue weighted by atomic mass is 10.2. The number of hydrogen-bond donors (Lipinski definition) is 1. The van der Waals surface area contributed by atoms with Crippen molar-refractivity contribution in [2.45, 2.75) is 6.54 Å². The Morgan fingerprint density at radius 3 is 2.38 bits per heavy atom. The first-order valence-electron chi connectivity index (χ1n) is 6.01. The average molecular weight is 409 g/mol. The standard InChI is InChI=1S/C14H9BrCl3NO2/c15-8-2-14-13(20-6-21-14)1-7(8)5-19-12-4-10(17)9(16)3-11(12)18/h1-4,19H,5-6H2. The molecule has 0 unspecified atom stereocenters. The molecule has 2 aromatic carbocycles. The van der Waals surface area contributed by atoms with Gasteiger partial charge in [0.1, 0.15) is 0 Å². The van der Waals surface area contributed by atoms with E-state index >= 15 is 0 Å². The Balaban J connectivity index is 1.81. The second-order valence-corrected chi connectivity index (χ2v) is 6.47. The van der Waals surface area contributed by atoms with E-state index in [2.05, 4.69) is 21.2 Å². The Hall–Kier alpha value is -0.810. The van der Waals surface area contributed by atoms with Crippen molar-refractivity contribution in [3.05, 3.63) is 49.4 Å². The minimum absolute atomic E-state index is 0.247. The van der Waals surface area contributed by atoms with Gasteiger partial charge in [0.25, 0.3) is 0 Å². The molecule has 3 rings (SSSR count). The maximum Gasteiger partial charge on any atom is 0.231 e. The molecule has 0 fully saturated rings. The van der Waals surface area contributed by atoms with Crippen LogP contribution in [-0.2, 0) is 6.54 Å². The first-order valence-corrected chi connectivity index (χ1v) is 7.93. The molecule has 0 amide bonds. The van der Waals surface area contributed by atoms with Crippen molar-refractivity contribution in [2.75, 3.05) is 12.1 Å². The average Bonchev–Trinajstić information content (AvgIpc) is 2.88. The van der Waals surface area contributed by atoms with Crippen molar-refractivity contribution < 1.29 is 9.47 Å². The van der Waals surface area contributed by atoms with Crippen LogP contribution in [0.1, 0.15) is 5.56 Å². The number of anilines is 1. The normalized spacial score (nSPS) is 12.6. The summed E-state index contributed by atoms with van der Waals surface area (Å²) in [4.78, 5) is 0. The summed E-state index contributed by atoms with van der Waals surface area (Å²) >= 11 is 21.6. The molecular weight excluding hydrogens is 400 g/mol. The van der Waals surface area contributed by atoms with Gasteiger partial charge in [-0.3, -0.25) is 0 Å². The molecule has 0 spiro atoms. The molecule has 0 saturated carbocycles. The summed E-state index contributed by atoms with van der Waals surface area (Å²) < 4.78 is 11.6. The summed E-state index contributed by atoms with van der Waals surface area (Å²) in [5.74, 6) is 1.47. The molecule has 7 heteroatoms. The van der Waals surface area contributed by atoms with Crippen LogP contribution < -0.4 is 14.8 Å². The molecule has 0 atom stereocenters. The molecule has 0 saturated heterocycles. The van der Waals surface area contributed by atoms with Crippen molar-refractivity contribution >= 4 is 56.4 Å². The van der Waals surface area contributed by atoms with Gasteiger partial charge < -0.3 is 14.8 Å². The van der Waals surface area contributed by atoms with Crippen molar-refractivity contribution in [1.29, 1.82) is 0 Å². The number of nitrogens with one attached hydrogen (secondary N) is 1. The zero-order valence-electron chi connectivity index (χ0n) is 10.6. The van der Waals surface area contributed by atoms with Gasteiger partial charge in [0.2, 0.25) is 6.79 Å². The van der Waals surface area contributed by atoms with Crippen molar-refractivity contribution in [1.82, 2.24) is 0 Å². The molecule has 1 aliphatic rings. The maximum atomic E-state index is 6.14. The molecule has 1 heterocycles. The fourth-order valence-corrected chi connectivity index (χ4v) is 3.02. The van der Waals surface area contributed by atoms with Crippen molar-refractivity contribution in [2.24, 2.45) is 0 Å². The van der Waals surface area contributed by atoms with Crippen LogP contribution in [0, 0.1) is 0 Å². The van der Waals surface area contributed by atoms with Crippen LogP contribution in [0.25, 0.3) is 0 Å². The molecule has 0 aromatic heterocycles. The number of halogens is 4. The van der Waals surface area contributed by atoms with E-state index in [0.717, 1.165) is 27.2 Å². The monoisotopic (exact) mass is 407 g/mol.